The zero-order chi connectivity index (χ0) is 22.6. The molecule has 1 atom stereocenters. The van der Waals surface area contributed by atoms with Crippen LogP contribution in [0.5, 0.6) is 0 Å². The number of hydrogen-bond acceptors (Lipinski definition) is 4. The number of likely N-dealkylation sites (tertiary alicyclic amines) is 1. The molecule has 170 valence electrons. The van der Waals surface area contributed by atoms with Gasteiger partial charge in [-0.15, -0.1) is 0 Å². The molecule has 2 heterocycles. The summed E-state index contributed by atoms with van der Waals surface area (Å²) in [5.74, 6) is 2.65. The van der Waals surface area contributed by atoms with Crippen LogP contribution in [0, 0.1) is 0 Å². The van der Waals surface area contributed by atoms with Gasteiger partial charge in [-0.2, -0.15) is 5.10 Å². The second-order valence-corrected chi connectivity index (χ2v) is 9.02. The van der Waals surface area contributed by atoms with Crippen LogP contribution in [0.2, 0.25) is 0 Å². The summed E-state index contributed by atoms with van der Waals surface area (Å²) in [6.07, 6.45) is 4.36. The van der Waals surface area contributed by atoms with Crippen molar-refractivity contribution in [3.8, 4) is 0 Å². The number of nitrogens with one attached hydrogen (secondary N) is 2. The minimum atomic E-state index is -0.375. The van der Waals surface area contributed by atoms with Crippen LogP contribution < -0.4 is 5.32 Å². The van der Waals surface area contributed by atoms with E-state index in [4.69, 9.17) is 4.98 Å². The third kappa shape index (κ3) is 5.13. The van der Waals surface area contributed by atoms with Gasteiger partial charge in [0.1, 0.15) is 5.82 Å². The molecule has 7 nitrogen and oxygen atoms in total. The van der Waals surface area contributed by atoms with E-state index >= 15 is 0 Å². The average Bonchev–Trinajstić information content (AvgIpc) is 3.61. The third-order valence-corrected chi connectivity index (χ3v) is 6.62. The molecule has 1 saturated carbocycles. The standard InChI is InChI=1S/C26H29N5O2/c32-23(31-15-13-20(14-16-31)25-28-24(29-30-25)19-11-12-19)17-22(18-7-3-1-4-8-18)27-26(33)21-9-5-2-6-10-21/h1-10,19-20,22H,11-17H2,(H,27,33)(H,28,29,30). The molecule has 3 aromatic rings. The molecule has 0 spiro atoms. The van der Waals surface area contributed by atoms with Gasteiger partial charge in [0, 0.05) is 30.5 Å². The zero-order valence-electron chi connectivity index (χ0n) is 18.6. The molecule has 33 heavy (non-hydrogen) atoms. The largest absolute Gasteiger partial charge is 0.345 e. The number of nitrogens with zero attached hydrogens (tertiary/aromatic N) is 3. The predicted octanol–water partition coefficient (Wildman–Crippen LogP) is 3.95. The minimum Gasteiger partial charge on any atom is -0.345 e. The van der Waals surface area contributed by atoms with Gasteiger partial charge in [-0.1, -0.05) is 48.5 Å². The molecule has 7 heteroatoms. The molecule has 1 aromatic heterocycles. The van der Waals surface area contributed by atoms with Crippen molar-refractivity contribution in [2.45, 2.75) is 50.0 Å². The Balaban J connectivity index is 1.21. The minimum absolute atomic E-state index is 0.0619. The SMILES string of the molecule is O=C(NC(CC(=O)N1CCC(c2nc(C3CC3)n[nH]2)CC1)c1ccccc1)c1ccccc1. The molecule has 2 amide bonds. The maximum absolute atomic E-state index is 13.2. The summed E-state index contributed by atoms with van der Waals surface area (Å²) in [6.45, 7) is 1.38. The molecule has 2 aromatic carbocycles. The Morgan fingerprint density at radius 3 is 2.27 bits per heavy atom. The molecule has 0 radical (unpaired) electrons. The monoisotopic (exact) mass is 443 g/mol. The number of hydrogen-bond donors (Lipinski definition) is 2. The van der Waals surface area contributed by atoms with Crippen molar-refractivity contribution in [3.05, 3.63) is 83.4 Å². The molecule has 2 N–H and O–H groups in total. The van der Waals surface area contributed by atoms with E-state index in [0.717, 1.165) is 30.1 Å². The number of carbonyl (C=O) groups is 2. The van der Waals surface area contributed by atoms with Crippen LogP contribution in [0.25, 0.3) is 0 Å². The number of benzene rings is 2. The Morgan fingerprint density at radius 1 is 0.939 bits per heavy atom. The number of carbonyl (C=O) groups excluding carboxylic acids is 2. The highest BCUT2D eigenvalue weighted by atomic mass is 16.2. The van der Waals surface area contributed by atoms with E-state index < -0.39 is 0 Å². The van der Waals surface area contributed by atoms with Gasteiger partial charge in [0.15, 0.2) is 5.82 Å². The van der Waals surface area contributed by atoms with Gasteiger partial charge in [-0.05, 0) is 43.4 Å². The number of amides is 2. The Kier molecular flexibility index (Phi) is 6.19. The lowest BCUT2D eigenvalue weighted by molar-refractivity contribution is -0.132. The van der Waals surface area contributed by atoms with Crippen LogP contribution >= 0.6 is 0 Å². The van der Waals surface area contributed by atoms with Gasteiger partial charge in [0.05, 0.1) is 12.5 Å². The van der Waals surface area contributed by atoms with Crippen molar-refractivity contribution < 1.29 is 9.59 Å². The summed E-state index contributed by atoms with van der Waals surface area (Å²) < 4.78 is 0. The molecular weight excluding hydrogens is 414 g/mol. The number of rotatable bonds is 7. The second kappa shape index (κ2) is 9.57. The van der Waals surface area contributed by atoms with Crippen LogP contribution in [-0.4, -0.2) is 45.0 Å². The fourth-order valence-corrected chi connectivity index (χ4v) is 4.47. The highest BCUT2D eigenvalue weighted by molar-refractivity contribution is 5.94. The lowest BCUT2D eigenvalue weighted by Gasteiger charge is -2.32. The van der Waals surface area contributed by atoms with Crippen molar-refractivity contribution in [2.24, 2.45) is 0 Å². The van der Waals surface area contributed by atoms with Gasteiger partial charge in [0.25, 0.3) is 5.91 Å². The van der Waals surface area contributed by atoms with Crippen molar-refractivity contribution in [3.63, 3.8) is 0 Å². The van der Waals surface area contributed by atoms with E-state index in [9.17, 15) is 9.59 Å². The number of H-pyrrole nitrogens is 1. The molecule has 5 rings (SSSR count). The topological polar surface area (TPSA) is 91.0 Å². The molecule has 2 fully saturated rings. The van der Waals surface area contributed by atoms with Crippen LogP contribution in [0.15, 0.2) is 60.7 Å². The van der Waals surface area contributed by atoms with Crippen LogP contribution in [0.1, 0.15) is 77.6 Å². The number of aromatic amines is 1. The molecule has 1 aliphatic heterocycles. The maximum atomic E-state index is 13.2. The molecule has 1 saturated heterocycles. The summed E-state index contributed by atoms with van der Waals surface area (Å²) in [4.78, 5) is 32.6. The van der Waals surface area contributed by atoms with Crippen molar-refractivity contribution in [1.29, 1.82) is 0 Å². The van der Waals surface area contributed by atoms with Crippen molar-refractivity contribution in [2.75, 3.05) is 13.1 Å². The van der Waals surface area contributed by atoms with Crippen LogP contribution in [0.3, 0.4) is 0 Å². The Bertz CT molecular complexity index is 1090. The second-order valence-electron chi connectivity index (χ2n) is 9.02. The quantitative estimate of drug-likeness (QED) is 0.578. The average molecular weight is 444 g/mol. The van der Waals surface area contributed by atoms with Gasteiger partial charge in [0.2, 0.25) is 5.91 Å². The van der Waals surface area contributed by atoms with E-state index in [1.807, 2.05) is 53.4 Å². The smallest absolute Gasteiger partial charge is 0.251 e. The van der Waals surface area contributed by atoms with Crippen molar-refractivity contribution >= 4 is 11.8 Å². The highest BCUT2D eigenvalue weighted by Gasteiger charge is 2.31. The molecular formula is C26H29N5O2. The summed E-state index contributed by atoms with van der Waals surface area (Å²) in [5, 5.41) is 10.6. The van der Waals surface area contributed by atoms with E-state index in [2.05, 4.69) is 15.5 Å². The molecule has 1 unspecified atom stereocenters. The van der Waals surface area contributed by atoms with Gasteiger partial charge < -0.3 is 10.2 Å². The van der Waals surface area contributed by atoms with Crippen LogP contribution in [-0.2, 0) is 4.79 Å². The molecule has 2 aliphatic rings. The Hall–Kier alpha value is -3.48. The number of aromatic nitrogens is 3. The first kappa shape index (κ1) is 21.4. The summed E-state index contributed by atoms with van der Waals surface area (Å²) in [7, 11) is 0. The van der Waals surface area contributed by atoms with E-state index in [0.29, 0.717) is 30.5 Å². The summed E-state index contributed by atoms with van der Waals surface area (Å²) in [6, 6.07) is 18.4. The third-order valence-electron chi connectivity index (χ3n) is 6.62. The summed E-state index contributed by atoms with van der Waals surface area (Å²) in [5.41, 5.74) is 1.52. The zero-order valence-corrected chi connectivity index (χ0v) is 18.6. The maximum Gasteiger partial charge on any atom is 0.251 e. The molecule has 0 bridgehead atoms. The first-order valence-corrected chi connectivity index (χ1v) is 11.8. The highest BCUT2D eigenvalue weighted by Crippen LogP contribution is 2.38. The number of piperidine rings is 1. The van der Waals surface area contributed by atoms with E-state index in [-0.39, 0.29) is 24.3 Å². The summed E-state index contributed by atoms with van der Waals surface area (Å²) >= 11 is 0. The normalized spacial score (nSPS) is 17.5. The van der Waals surface area contributed by atoms with Gasteiger partial charge in [-0.25, -0.2) is 4.98 Å². The molecule has 1 aliphatic carbocycles. The predicted molar refractivity (Wildman–Crippen MR) is 125 cm³/mol. The Morgan fingerprint density at radius 2 is 1.61 bits per heavy atom. The van der Waals surface area contributed by atoms with Gasteiger partial charge >= 0.3 is 0 Å². The lowest BCUT2D eigenvalue weighted by atomic mass is 9.95. The fraction of sp³-hybridized carbons (Fsp3) is 0.385. The lowest BCUT2D eigenvalue weighted by Crippen LogP contribution is -2.40. The Labute approximate surface area is 193 Å². The van der Waals surface area contributed by atoms with E-state index in [1.165, 1.54) is 12.8 Å². The first-order chi connectivity index (χ1) is 16.2. The van der Waals surface area contributed by atoms with Crippen molar-refractivity contribution in [1.82, 2.24) is 25.4 Å². The first-order valence-electron chi connectivity index (χ1n) is 11.8. The van der Waals surface area contributed by atoms with Gasteiger partial charge in [-0.3, -0.25) is 14.7 Å². The fourth-order valence-electron chi connectivity index (χ4n) is 4.47. The van der Waals surface area contributed by atoms with Crippen LogP contribution in [0.4, 0.5) is 0 Å². The van der Waals surface area contributed by atoms with E-state index in [1.54, 1.807) is 12.1 Å².